The molecule has 0 radical (unpaired) electrons. The van der Waals surface area contributed by atoms with Crippen LogP contribution in [0.2, 0.25) is 0 Å². The van der Waals surface area contributed by atoms with E-state index in [0.29, 0.717) is 0 Å². The number of benzene rings is 1. The zero-order valence-electron chi connectivity index (χ0n) is 9.64. The van der Waals surface area contributed by atoms with Gasteiger partial charge < -0.3 is 4.74 Å². The number of ether oxygens (including phenoxy) is 1. The molecule has 0 aromatic heterocycles. The fourth-order valence-corrected chi connectivity index (χ4v) is 1.40. The third-order valence-electron chi connectivity index (χ3n) is 2.15. The lowest BCUT2D eigenvalue weighted by atomic mass is 10.1. The quantitative estimate of drug-likeness (QED) is 0.570. The number of carbonyl (C=O) groups is 1. The van der Waals surface area contributed by atoms with Gasteiger partial charge in [-0.2, -0.15) is 0 Å². The largest absolute Gasteiger partial charge is 0.454 e. The third kappa shape index (κ3) is 3.73. The summed E-state index contributed by atoms with van der Waals surface area (Å²) in [5.41, 5.74) is 2.04. The highest BCUT2D eigenvalue weighted by molar-refractivity contribution is 5.67. The molecule has 2 heteroatoms. The molecular weight excluding hydrogens is 200 g/mol. The Bertz CT molecular complexity index is 390. The predicted octanol–water partition coefficient (Wildman–Crippen LogP) is 3.21. The maximum Gasteiger partial charge on any atom is 0.303 e. The van der Waals surface area contributed by atoms with Gasteiger partial charge in [0.15, 0.2) is 0 Å². The second-order valence-electron chi connectivity index (χ2n) is 3.56. The molecule has 1 rings (SSSR count). The standard InChI is InChI=1S/C14H16O2/c1-4-14(16-12(3)15)11(2)10-13-8-6-5-7-9-13/h4-10,14H,1H2,2-3H3/b11-10+. The van der Waals surface area contributed by atoms with E-state index in [1.54, 1.807) is 6.08 Å². The third-order valence-corrected chi connectivity index (χ3v) is 2.15. The molecule has 0 amide bonds. The van der Waals surface area contributed by atoms with E-state index >= 15 is 0 Å². The van der Waals surface area contributed by atoms with Crippen LogP contribution in [0, 0.1) is 0 Å². The van der Waals surface area contributed by atoms with Gasteiger partial charge in [0.2, 0.25) is 0 Å². The average Bonchev–Trinajstić information content (AvgIpc) is 2.26. The van der Waals surface area contributed by atoms with Crippen molar-refractivity contribution in [3.63, 3.8) is 0 Å². The summed E-state index contributed by atoms with van der Waals surface area (Å²) in [4.78, 5) is 10.9. The van der Waals surface area contributed by atoms with Crippen LogP contribution in [0.15, 0.2) is 48.6 Å². The average molecular weight is 216 g/mol. The molecule has 1 aromatic carbocycles. The first-order valence-electron chi connectivity index (χ1n) is 5.16. The number of rotatable bonds is 4. The minimum atomic E-state index is -0.349. The summed E-state index contributed by atoms with van der Waals surface area (Å²) in [6.07, 6.45) is 3.25. The molecule has 0 aliphatic rings. The fourth-order valence-electron chi connectivity index (χ4n) is 1.40. The summed E-state index contributed by atoms with van der Waals surface area (Å²) in [7, 11) is 0. The van der Waals surface area contributed by atoms with E-state index in [4.69, 9.17) is 4.74 Å². The molecule has 0 saturated heterocycles. The van der Waals surface area contributed by atoms with Crippen molar-refractivity contribution in [2.45, 2.75) is 20.0 Å². The summed E-state index contributed by atoms with van der Waals surface area (Å²) in [6, 6.07) is 9.89. The minimum Gasteiger partial charge on any atom is -0.454 e. The predicted molar refractivity (Wildman–Crippen MR) is 65.8 cm³/mol. The molecule has 0 heterocycles. The van der Waals surface area contributed by atoms with Crippen molar-refractivity contribution >= 4 is 12.0 Å². The Hall–Kier alpha value is -1.83. The zero-order chi connectivity index (χ0) is 12.0. The molecule has 0 aliphatic heterocycles. The Labute approximate surface area is 96.2 Å². The monoisotopic (exact) mass is 216 g/mol. The molecule has 2 nitrogen and oxygen atoms in total. The lowest BCUT2D eigenvalue weighted by Crippen LogP contribution is -2.14. The van der Waals surface area contributed by atoms with Crippen LogP contribution >= 0.6 is 0 Å². The van der Waals surface area contributed by atoms with Crippen molar-refractivity contribution in [3.05, 3.63) is 54.1 Å². The molecule has 1 unspecified atom stereocenters. The summed E-state index contributed by atoms with van der Waals surface area (Å²) in [5, 5.41) is 0. The summed E-state index contributed by atoms with van der Waals surface area (Å²) < 4.78 is 5.11. The lowest BCUT2D eigenvalue weighted by Gasteiger charge is -2.13. The number of hydrogen-bond donors (Lipinski definition) is 0. The van der Waals surface area contributed by atoms with Crippen LogP contribution < -0.4 is 0 Å². The van der Waals surface area contributed by atoms with Crippen molar-refractivity contribution in [3.8, 4) is 0 Å². The van der Waals surface area contributed by atoms with Gasteiger partial charge in [-0.3, -0.25) is 4.79 Å². The summed E-state index contributed by atoms with van der Waals surface area (Å²) in [6.45, 7) is 6.97. The van der Waals surface area contributed by atoms with E-state index in [1.165, 1.54) is 6.92 Å². The first-order valence-corrected chi connectivity index (χ1v) is 5.16. The molecule has 0 spiro atoms. The molecule has 0 fully saturated rings. The van der Waals surface area contributed by atoms with E-state index in [1.807, 2.05) is 43.3 Å². The smallest absolute Gasteiger partial charge is 0.303 e. The first kappa shape index (κ1) is 12.2. The number of hydrogen-bond acceptors (Lipinski definition) is 2. The molecule has 1 atom stereocenters. The Kier molecular flexibility index (Phi) is 4.52. The van der Waals surface area contributed by atoms with Crippen LogP contribution in [0.3, 0.4) is 0 Å². The van der Waals surface area contributed by atoms with Gasteiger partial charge in [-0.25, -0.2) is 0 Å². The zero-order valence-corrected chi connectivity index (χ0v) is 9.64. The van der Waals surface area contributed by atoms with Crippen molar-refractivity contribution in [2.75, 3.05) is 0 Å². The molecule has 1 aromatic rings. The van der Waals surface area contributed by atoms with E-state index in [9.17, 15) is 4.79 Å². The van der Waals surface area contributed by atoms with Gasteiger partial charge in [-0.15, -0.1) is 0 Å². The van der Waals surface area contributed by atoms with Crippen molar-refractivity contribution in [1.29, 1.82) is 0 Å². The Morgan fingerprint density at radius 1 is 1.31 bits per heavy atom. The van der Waals surface area contributed by atoms with Crippen LogP contribution in [0.25, 0.3) is 6.08 Å². The van der Waals surface area contributed by atoms with Crippen LogP contribution in [0.1, 0.15) is 19.4 Å². The van der Waals surface area contributed by atoms with Crippen LogP contribution in [-0.4, -0.2) is 12.1 Å². The number of carbonyl (C=O) groups excluding carboxylic acids is 1. The van der Waals surface area contributed by atoms with Gasteiger partial charge in [0, 0.05) is 6.92 Å². The van der Waals surface area contributed by atoms with Crippen LogP contribution in [0.5, 0.6) is 0 Å². The normalized spacial score (nSPS) is 13.0. The van der Waals surface area contributed by atoms with Crippen molar-refractivity contribution in [1.82, 2.24) is 0 Å². The molecular formula is C14H16O2. The highest BCUT2D eigenvalue weighted by Gasteiger charge is 2.09. The number of esters is 1. The SMILES string of the molecule is C=CC(OC(C)=O)/C(C)=C/c1ccccc1. The van der Waals surface area contributed by atoms with Gasteiger partial charge in [-0.05, 0) is 24.1 Å². The fraction of sp³-hybridized carbons (Fsp3) is 0.214. The highest BCUT2D eigenvalue weighted by Crippen LogP contribution is 2.13. The van der Waals surface area contributed by atoms with E-state index in [-0.39, 0.29) is 12.1 Å². The van der Waals surface area contributed by atoms with Gasteiger partial charge >= 0.3 is 5.97 Å². The van der Waals surface area contributed by atoms with Crippen molar-refractivity contribution < 1.29 is 9.53 Å². The van der Waals surface area contributed by atoms with E-state index in [2.05, 4.69) is 6.58 Å². The summed E-state index contributed by atoms with van der Waals surface area (Å²) >= 11 is 0. The molecule has 0 saturated carbocycles. The highest BCUT2D eigenvalue weighted by atomic mass is 16.5. The van der Waals surface area contributed by atoms with Gasteiger partial charge in [0.25, 0.3) is 0 Å². The minimum absolute atomic E-state index is 0.300. The Morgan fingerprint density at radius 2 is 1.94 bits per heavy atom. The summed E-state index contributed by atoms with van der Waals surface area (Å²) in [5.74, 6) is -0.300. The van der Waals surface area contributed by atoms with Crippen LogP contribution in [0.4, 0.5) is 0 Å². The second kappa shape index (κ2) is 5.91. The molecule has 0 aliphatic carbocycles. The maximum atomic E-state index is 10.9. The Morgan fingerprint density at radius 3 is 2.44 bits per heavy atom. The van der Waals surface area contributed by atoms with Crippen molar-refractivity contribution in [2.24, 2.45) is 0 Å². The molecule has 16 heavy (non-hydrogen) atoms. The van der Waals surface area contributed by atoms with Gasteiger partial charge in [-0.1, -0.05) is 43.0 Å². The lowest BCUT2D eigenvalue weighted by molar-refractivity contribution is -0.142. The second-order valence-corrected chi connectivity index (χ2v) is 3.56. The Balaban J connectivity index is 2.82. The molecule has 0 N–H and O–H groups in total. The van der Waals surface area contributed by atoms with Gasteiger partial charge in [0.1, 0.15) is 6.10 Å². The topological polar surface area (TPSA) is 26.3 Å². The van der Waals surface area contributed by atoms with Gasteiger partial charge in [0.05, 0.1) is 0 Å². The molecule has 84 valence electrons. The van der Waals surface area contributed by atoms with E-state index in [0.717, 1.165) is 11.1 Å². The maximum absolute atomic E-state index is 10.9. The molecule has 0 bridgehead atoms. The first-order chi connectivity index (χ1) is 7.63. The van der Waals surface area contributed by atoms with E-state index < -0.39 is 0 Å². The van der Waals surface area contributed by atoms with Crippen LogP contribution in [-0.2, 0) is 9.53 Å².